The molecule has 0 aromatic rings. The van der Waals surface area contributed by atoms with E-state index in [2.05, 4.69) is 11.6 Å². The smallest absolute Gasteiger partial charge is 0.215 e. The molecule has 3 N–H and O–H groups in total. The van der Waals surface area contributed by atoms with Gasteiger partial charge >= 0.3 is 0 Å². The third kappa shape index (κ3) is 3.96. The molecule has 0 amide bonds. The predicted octanol–water partition coefficient (Wildman–Crippen LogP) is 2.86. The van der Waals surface area contributed by atoms with Crippen LogP contribution in [0, 0.1) is 5.92 Å². The Hall–Kier alpha value is -0.200. The summed E-state index contributed by atoms with van der Waals surface area (Å²) in [6, 6.07) is 0. The summed E-state index contributed by atoms with van der Waals surface area (Å²) in [6.45, 7) is 2.19. The number of nitrogens with two attached hydrogens (primary N) is 1. The van der Waals surface area contributed by atoms with Crippen LogP contribution in [0.2, 0.25) is 0 Å². The molecule has 2 fully saturated rings. The molecule has 0 aromatic heterocycles. The maximum absolute atomic E-state index is 12.7. The van der Waals surface area contributed by atoms with E-state index in [0.29, 0.717) is 10.9 Å². The van der Waals surface area contributed by atoms with Crippen molar-refractivity contribution in [3.8, 4) is 0 Å². The minimum Gasteiger partial charge on any atom is -0.392 e. The minimum absolute atomic E-state index is 0.263. The lowest BCUT2D eigenvalue weighted by Gasteiger charge is -2.40. The first-order chi connectivity index (χ1) is 9.89. The molecule has 21 heavy (non-hydrogen) atoms. The van der Waals surface area contributed by atoms with E-state index in [4.69, 9.17) is 18.0 Å². The molecule has 0 spiro atoms. The van der Waals surface area contributed by atoms with Crippen molar-refractivity contribution in [1.29, 1.82) is 0 Å². The second-order valence-electron chi connectivity index (χ2n) is 6.71. The molecule has 122 valence electrons. The van der Waals surface area contributed by atoms with E-state index < -0.39 is 15.6 Å². The zero-order valence-electron chi connectivity index (χ0n) is 12.9. The fourth-order valence-electron chi connectivity index (χ4n) is 3.71. The highest BCUT2D eigenvalue weighted by Gasteiger charge is 2.42. The summed E-state index contributed by atoms with van der Waals surface area (Å²) in [6.07, 6.45) is 9.31. The summed E-state index contributed by atoms with van der Waals surface area (Å²) in [5.41, 5.74) is 5.25. The van der Waals surface area contributed by atoms with Gasteiger partial charge < -0.3 is 5.73 Å². The molecular formula is C15H28N2O2S2. The fraction of sp³-hybridized carbons (Fsp3) is 0.933. The van der Waals surface area contributed by atoms with E-state index in [1.807, 2.05) is 0 Å². The molecule has 0 aromatic carbocycles. The SMILES string of the molecule is CCC1CCC(NS(=O)(=O)C2CCCCC2)(C(N)=S)CC1. The summed E-state index contributed by atoms with van der Waals surface area (Å²) in [5.74, 6) is 0.673. The van der Waals surface area contributed by atoms with Crippen molar-refractivity contribution in [2.75, 3.05) is 0 Å². The van der Waals surface area contributed by atoms with Gasteiger partial charge in [0.05, 0.1) is 15.8 Å². The second kappa shape index (κ2) is 6.92. The lowest BCUT2D eigenvalue weighted by atomic mass is 9.76. The number of hydrogen-bond acceptors (Lipinski definition) is 3. The van der Waals surface area contributed by atoms with E-state index in [-0.39, 0.29) is 5.25 Å². The second-order valence-corrected chi connectivity index (χ2v) is 9.11. The van der Waals surface area contributed by atoms with Crippen molar-refractivity contribution in [3.05, 3.63) is 0 Å². The Kier molecular flexibility index (Phi) is 5.65. The maximum atomic E-state index is 12.7. The van der Waals surface area contributed by atoms with Crippen LogP contribution in [0.15, 0.2) is 0 Å². The zero-order valence-corrected chi connectivity index (χ0v) is 14.6. The molecule has 0 heterocycles. The van der Waals surface area contributed by atoms with E-state index in [0.717, 1.165) is 64.2 Å². The molecule has 6 heteroatoms. The number of sulfonamides is 1. The van der Waals surface area contributed by atoms with Crippen LogP contribution in [-0.4, -0.2) is 24.2 Å². The van der Waals surface area contributed by atoms with Crippen molar-refractivity contribution in [2.24, 2.45) is 11.7 Å². The van der Waals surface area contributed by atoms with Crippen LogP contribution in [-0.2, 0) is 10.0 Å². The number of nitrogens with one attached hydrogen (secondary N) is 1. The van der Waals surface area contributed by atoms with Crippen LogP contribution in [0.3, 0.4) is 0 Å². The van der Waals surface area contributed by atoms with Gasteiger partial charge in [-0.05, 0) is 44.4 Å². The van der Waals surface area contributed by atoms with Crippen LogP contribution in [0.4, 0.5) is 0 Å². The molecular weight excluding hydrogens is 304 g/mol. The van der Waals surface area contributed by atoms with Crippen molar-refractivity contribution >= 4 is 27.2 Å². The molecule has 0 saturated heterocycles. The van der Waals surface area contributed by atoms with E-state index in [1.165, 1.54) is 0 Å². The lowest BCUT2D eigenvalue weighted by molar-refractivity contribution is 0.268. The summed E-state index contributed by atoms with van der Waals surface area (Å²) < 4.78 is 28.3. The van der Waals surface area contributed by atoms with Gasteiger partial charge in [0, 0.05) is 0 Å². The summed E-state index contributed by atoms with van der Waals surface area (Å²) in [4.78, 5) is 0.316. The van der Waals surface area contributed by atoms with E-state index in [9.17, 15) is 8.42 Å². The Labute approximate surface area is 134 Å². The van der Waals surface area contributed by atoms with Gasteiger partial charge in [-0.25, -0.2) is 13.1 Å². The van der Waals surface area contributed by atoms with Gasteiger partial charge in [-0.3, -0.25) is 0 Å². The molecule has 0 bridgehead atoms. The molecule has 0 radical (unpaired) electrons. The zero-order chi connectivity index (χ0) is 15.5. The highest BCUT2D eigenvalue weighted by molar-refractivity contribution is 7.90. The van der Waals surface area contributed by atoms with Crippen LogP contribution in [0.5, 0.6) is 0 Å². The molecule has 2 aliphatic carbocycles. The van der Waals surface area contributed by atoms with Gasteiger partial charge in [-0.15, -0.1) is 0 Å². The average Bonchev–Trinajstić information content (AvgIpc) is 2.48. The van der Waals surface area contributed by atoms with Gasteiger partial charge in [0.15, 0.2) is 0 Å². The lowest BCUT2D eigenvalue weighted by Crippen LogP contribution is -2.59. The first-order valence-corrected chi connectivity index (χ1v) is 10.2. The van der Waals surface area contributed by atoms with Gasteiger partial charge in [0.25, 0.3) is 0 Å². The minimum atomic E-state index is -3.33. The fourth-order valence-corrected chi connectivity index (χ4v) is 6.01. The molecule has 4 nitrogen and oxygen atoms in total. The number of thiocarbonyl (C=S) groups is 1. The van der Waals surface area contributed by atoms with Crippen LogP contribution >= 0.6 is 12.2 Å². The third-order valence-corrected chi connectivity index (χ3v) is 7.75. The molecule has 2 rings (SSSR count). The monoisotopic (exact) mass is 332 g/mol. The van der Waals surface area contributed by atoms with Crippen molar-refractivity contribution in [1.82, 2.24) is 4.72 Å². The molecule has 0 unspecified atom stereocenters. The van der Waals surface area contributed by atoms with Crippen LogP contribution in [0.25, 0.3) is 0 Å². The van der Waals surface area contributed by atoms with Crippen molar-refractivity contribution < 1.29 is 8.42 Å². The Morgan fingerprint density at radius 1 is 1.19 bits per heavy atom. The normalized spacial score (nSPS) is 32.0. The van der Waals surface area contributed by atoms with Gasteiger partial charge in [0.1, 0.15) is 0 Å². The topological polar surface area (TPSA) is 72.2 Å². The summed E-state index contributed by atoms with van der Waals surface area (Å²) >= 11 is 5.22. The maximum Gasteiger partial charge on any atom is 0.215 e. The number of rotatable bonds is 5. The first-order valence-electron chi connectivity index (χ1n) is 8.22. The summed E-state index contributed by atoms with van der Waals surface area (Å²) in [7, 11) is -3.33. The molecule has 0 aliphatic heterocycles. The van der Waals surface area contributed by atoms with Crippen LogP contribution in [0.1, 0.15) is 71.1 Å². The highest BCUT2D eigenvalue weighted by atomic mass is 32.2. The third-order valence-electron chi connectivity index (χ3n) is 5.34. The van der Waals surface area contributed by atoms with Crippen molar-refractivity contribution in [2.45, 2.75) is 81.9 Å². The van der Waals surface area contributed by atoms with Crippen LogP contribution < -0.4 is 10.5 Å². The number of hydrogen-bond donors (Lipinski definition) is 2. The van der Waals surface area contributed by atoms with Gasteiger partial charge in [-0.1, -0.05) is 44.8 Å². The molecule has 0 atom stereocenters. The highest BCUT2D eigenvalue weighted by Crippen LogP contribution is 2.35. The standard InChI is InChI=1S/C15H28N2O2S2/c1-2-12-8-10-15(11-9-12,14(16)20)17-21(18,19)13-6-4-3-5-7-13/h12-13,17H,2-11H2,1H3,(H2,16,20). The Balaban J connectivity index is 2.11. The average molecular weight is 333 g/mol. The Morgan fingerprint density at radius 2 is 1.76 bits per heavy atom. The first kappa shape index (κ1) is 17.2. The predicted molar refractivity (Wildman–Crippen MR) is 90.7 cm³/mol. The van der Waals surface area contributed by atoms with Gasteiger partial charge in [-0.2, -0.15) is 0 Å². The van der Waals surface area contributed by atoms with E-state index >= 15 is 0 Å². The molecule has 2 aliphatic rings. The van der Waals surface area contributed by atoms with Crippen molar-refractivity contribution in [3.63, 3.8) is 0 Å². The van der Waals surface area contributed by atoms with Gasteiger partial charge in [0.2, 0.25) is 10.0 Å². The Morgan fingerprint density at radius 3 is 2.24 bits per heavy atom. The Bertz CT molecular complexity index is 462. The molecule has 2 saturated carbocycles. The quantitative estimate of drug-likeness (QED) is 0.759. The van der Waals surface area contributed by atoms with E-state index in [1.54, 1.807) is 0 Å². The largest absolute Gasteiger partial charge is 0.392 e. The summed E-state index contributed by atoms with van der Waals surface area (Å²) in [5, 5.41) is -0.263.